The molecule has 13 heavy (non-hydrogen) atoms. The summed E-state index contributed by atoms with van der Waals surface area (Å²) in [5.41, 5.74) is 7.15. The number of benzene rings is 1. The van der Waals surface area contributed by atoms with Crippen molar-refractivity contribution in [3.8, 4) is 0 Å². The number of nitrogens with zero attached hydrogens (tertiary/aromatic N) is 1. The summed E-state index contributed by atoms with van der Waals surface area (Å²) in [6.45, 7) is 0.766. The van der Waals surface area contributed by atoms with Crippen molar-refractivity contribution in [1.29, 1.82) is 0 Å². The van der Waals surface area contributed by atoms with Crippen LogP contribution in [0.25, 0.3) is 0 Å². The maximum Gasteiger partial charge on any atom is 0.210 e. The Labute approximate surface area is 77.1 Å². The van der Waals surface area contributed by atoms with Crippen LogP contribution in [0.15, 0.2) is 41.9 Å². The Morgan fingerprint density at radius 1 is 1.23 bits per heavy atom. The molecule has 0 aromatic heterocycles. The highest BCUT2D eigenvalue weighted by Gasteiger charge is 2.20. The molecule has 1 aliphatic rings. The minimum atomic E-state index is 0.200. The number of para-hydroxylation sites is 1. The molecule has 0 fully saturated rings. The highest BCUT2D eigenvalue weighted by Crippen LogP contribution is 2.24. The fourth-order valence-electron chi connectivity index (χ4n) is 1.48. The lowest BCUT2D eigenvalue weighted by Gasteiger charge is -2.17. The molecule has 1 aromatic rings. The van der Waals surface area contributed by atoms with E-state index < -0.39 is 0 Å². The molecule has 1 heterocycles. The van der Waals surface area contributed by atoms with Crippen LogP contribution < -0.4 is 10.6 Å². The molecule has 0 aliphatic carbocycles. The Hall–Kier alpha value is -1.64. The van der Waals surface area contributed by atoms with E-state index in [2.05, 4.69) is 0 Å². The van der Waals surface area contributed by atoms with E-state index in [0.29, 0.717) is 5.70 Å². The lowest BCUT2D eigenvalue weighted by molar-refractivity contribution is 0.395. The third kappa shape index (κ3) is 1.33. The number of rotatable bonds is 1. The van der Waals surface area contributed by atoms with Crippen molar-refractivity contribution in [2.45, 2.75) is 6.42 Å². The summed E-state index contributed by atoms with van der Waals surface area (Å²) in [7, 11) is 0. The smallest absolute Gasteiger partial charge is 0.210 e. The van der Waals surface area contributed by atoms with Gasteiger partial charge < -0.3 is 15.7 Å². The predicted molar refractivity (Wildman–Crippen MR) is 52.2 cm³/mol. The van der Waals surface area contributed by atoms with Gasteiger partial charge >= 0.3 is 0 Å². The molecule has 0 bridgehead atoms. The normalized spacial score (nSPS) is 16.8. The van der Waals surface area contributed by atoms with Crippen LogP contribution in [0.3, 0.4) is 0 Å². The molecule has 0 radical (unpaired) electrons. The van der Waals surface area contributed by atoms with Crippen LogP contribution in [0.1, 0.15) is 6.42 Å². The van der Waals surface area contributed by atoms with Crippen LogP contribution in [0.2, 0.25) is 0 Å². The monoisotopic (exact) mass is 176 g/mol. The lowest BCUT2D eigenvalue weighted by atomic mass is 10.3. The molecule has 0 spiro atoms. The molecule has 3 heteroatoms. The fraction of sp³-hybridized carbons (Fsp3) is 0.200. The van der Waals surface area contributed by atoms with Gasteiger partial charge in [-0.15, -0.1) is 0 Å². The number of anilines is 1. The molecule has 0 atom stereocenters. The van der Waals surface area contributed by atoms with Gasteiger partial charge in [-0.3, -0.25) is 0 Å². The summed E-state index contributed by atoms with van der Waals surface area (Å²) in [5, 5.41) is 9.59. The van der Waals surface area contributed by atoms with Crippen LogP contribution in [-0.2, 0) is 0 Å². The summed E-state index contributed by atoms with van der Waals surface area (Å²) < 4.78 is 0. The van der Waals surface area contributed by atoms with Crippen molar-refractivity contribution >= 4 is 5.69 Å². The molecule has 0 amide bonds. The average Bonchev–Trinajstić information content (AvgIpc) is 2.49. The minimum Gasteiger partial charge on any atom is -0.493 e. The Morgan fingerprint density at radius 2 is 1.92 bits per heavy atom. The largest absolute Gasteiger partial charge is 0.493 e. The average molecular weight is 176 g/mol. The minimum absolute atomic E-state index is 0.200. The van der Waals surface area contributed by atoms with E-state index in [9.17, 15) is 5.11 Å². The van der Waals surface area contributed by atoms with Crippen LogP contribution in [-0.4, -0.2) is 11.7 Å². The third-order valence-corrected chi connectivity index (χ3v) is 2.22. The van der Waals surface area contributed by atoms with Crippen LogP contribution in [0.4, 0.5) is 5.69 Å². The molecule has 3 N–H and O–H groups in total. The molecule has 2 rings (SSSR count). The lowest BCUT2D eigenvalue weighted by Crippen LogP contribution is -2.18. The zero-order valence-corrected chi connectivity index (χ0v) is 7.27. The van der Waals surface area contributed by atoms with E-state index in [-0.39, 0.29) is 5.88 Å². The van der Waals surface area contributed by atoms with Crippen molar-refractivity contribution in [3.05, 3.63) is 41.9 Å². The van der Waals surface area contributed by atoms with Gasteiger partial charge in [-0.2, -0.15) is 0 Å². The molecule has 1 aliphatic heterocycles. The molecule has 3 nitrogen and oxygen atoms in total. The van der Waals surface area contributed by atoms with E-state index in [1.54, 1.807) is 0 Å². The second kappa shape index (κ2) is 3.01. The molecule has 0 unspecified atom stereocenters. The number of aliphatic hydroxyl groups is 1. The molecule has 1 aromatic carbocycles. The second-order valence-electron chi connectivity index (χ2n) is 3.09. The van der Waals surface area contributed by atoms with Crippen LogP contribution >= 0.6 is 0 Å². The van der Waals surface area contributed by atoms with Gasteiger partial charge in [0.2, 0.25) is 5.88 Å². The number of hydrogen-bond acceptors (Lipinski definition) is 3. The standard InChI is InChI=1S/C10H12N2O/c11-9-6-7-12(10(9)13)8-4-2-1-3-5-8/h1-5,13H,6-7,11H2. The van der Waals surface area contributed by atoms with Gasteiger partial charge in [0.15, 0.2) is 0 Å². The summed E-state index contributed by atoms with van der Waals surface area (Å²) in [6.07, 6.45) is 0.737. The van der Waals surface area contributed by atoms with E-state index in [1.807, 2.05) is 35.2 Å². The molecular formula is C10H12N2O. The van der Waals surface area contributed by atoms with Gasteiger partial charge in [-0.05, 0) is 12.1 Å². The van der Waals surface area contributed by atoms with Crippen LogP contribution in [0, 0.1) is 0 Å². The zero-order chi connectivity index (χ0) is 9.26. The van der Waals surface area contributed by atoms with Gasteiger partial charge in [0.1, 0.15) is 0 Å². The predicted octanol–water partition coefficient (Wildman–Crippen LogP) is 1.58. The molecule has 0 saturated heterocycles. The Balaban J connectivity index is 2.30. The maximum atomic E-state index is 9.59. The van der Waals surface area contributed by atoms with Crippen molar-refractivity contribution < 1.29 is 5.11 Å². The van der Waals surface area contributed by atoms with E-state index >= 15 is 0 Å². The Morgan fingerprint density at radius 3 is 2.46 bits per heavy atom. The van der Waals surface area contributed by atoms with Crippen molar-refractivity contribution in [1.82, 2.24) is 0 Å². The summed E-state index contributed by atoms with van der Waals surface area (Å²) in [5.74, 6) is 0.200. The first-order valence-electron chi connectivity index (χ1n) is 4.29. The van der Waals surface area contributed by atoms with Gasteiger partial charge in [0.05, 0.1) is 5.70 Å². The summed E-state index contributed by atoms with van der Waals surface area (Å²) in [6, 6.07) is 9.74. The van der Waals surface area contributed by atoms with Crippen molar-refractivity contribution in [3.63, 3.8) is 0 Å². The summed E-state index contributed by atoms with van der Waals surface area (Å²) in [4.78, 5) is 1.81. The zero-order valence-electron chi connectivity index (χ0n) is 7.27. The van der Waals surface area contributed by atoms with Gasteiger partial charge in [-0.25, -0.2) is 0 Å². The van der Waals surface area contributed by atoms with E-state index in [4.69, 9.17) is 5.73 Å². The highest BCUT2D eigenvalue weighted by atomic mass is 16.3. The first-order valence-corrected chi connectivity index (χ1v) is 4.29. The first-order chi connectivity index (χ1) is 6.29. The fourth-order valence-corrected chi connectivity index (χ4v) is 1.48. The van der Waals surface area contributed by atoms with Crippen molar-refractivity contribution in [2.24, 2.45) is 5.73 Å². The van der Waals surface area contributed by atoms with Gasteiger partial charge in [0.25, 0.3) is 0 Å². The number of nitrogens with two attached hydrogens (primary N) is 1. The Bertz CT molecular complexity index is 332. The molecular weight excluding hydrogens is 164 g/mol. The highest BCUT2D eigenvalue weighted by molar-refractivity contribution is 5.52. The second-order valence-corrected chi connectivity index (χ2v) is 3.09. The van der Waals surface area contributed by atoms with E-state index in [0.717, 1.165) is 18.7 Å². The number of hydrogen-bond donors (Lipinski definition) is 2. The maximum absolute atomic E-state index is 9.59. The van der Waals surface area contributed by atoms with Crippen molar-refractivity contribution in [2.75, 3.05) is 11.4 Å². The summed E-state index contributed by atoms with van der Waals surface area (Å²) >= 11 is 0. The SMILES string of the molecule is NC1=C(O)N(c2ccccc2)CC1. The first kappa shape index (κ1) is 7.98. The quantitative estimate of drug-likeness (QED) is 0.683. The van der Waals surface area contributed by atoms with Crippen LogP contribution in [0.5, 0.6) is 0 Å². The third-order valence-electron chi connectivity index (χ3n) is 2.22. The molecule has 0 saturated carbocycles. The van der Waals surface area contributed by atoms with E-state index in [1.165, 1.54) is 0 Å². The van der Waals surface area contributed by atoms with Gasteiger partial charge in [0, 0.05) is 18.7 Å². The topological polar surface area (TPSA) is 49.5 Å². The molecule has 68 valence electrons. The van der Waals surface area contributed by atoms with Gasteiger partial charge in [-0.1, -0.05) is 18.2 Å². The Kier molecular flexibility index (Phi) is 1.85. The number of aliphatic hydroxyl groups excluding tert-OH is 1.